The van der Waals surface area contributed by atoms with E-state index in [9.17, 15) is 27.4 Å². The molecule has 2 aromatic rings. The molecule has 10 nitrogen and oxygen atoms in total. The first-order valence-corrected chi connectivity index (χ1v) is 17.2. The Morgan fingerprint density at radius 2 is 1.65 bits per heavy atom. The predicted octanol–water partition coefficient (Wildman–Crippen LogP) is 7.27. The minimum atomic E-state index is -4.46. The van der Waals surface area contributed by atoms with Crippen molar-refractivity contribution >= 4 is 39.3 Å². The smallest absolute Gasteiger partial charge is 0.305 e. The standard InChI is InChI=1S/C35H48N2O8S/c1-4-45-34(41)20-12-7-15-25-36-32-22-21-30(46(42,43)44)27-31(32)35(3,23-13-6-11-19-33(39)40)24-14-8-16-26-37(28(2)38)29-17-9-5-10-18-29/h5,8-10,14,16-18,21-22,26-27,36H,4,6-7,11-13,15,19-20,23-25H2,1-3H3,(H,39,40)(H,42,43,44)/b14-8+,26-16+. The molecule has 2 rings (SSSR count). The van der Waals surface area contributed by atoms with E-state index in [4.69, 9.17) is 9.84 Å². The van der Waals surface area contributed by atoms with Crippen molar-refractivity contribution in [3.8, 4) is 0 Å². The average Bonchev–Trinajstić information content (AvgIpc) is 3.00. The second kappa shape index (κ2) is 19.5. The monoisotopic (exact) mass is 656 g/mol. The Labute approximate surface area is 273 Å². The van der Waals surface area contributed by atoms with E-state index in [1.54, 1.807) is 25.3 Å². The van der Waals surface area contributed by atoms with Gasteiger partial charge in [-0.1, -0.05) is 56.5 Å². The molecule has 0 saturated carbocycles. The number of nitrogens with zero attached hydrogens (tertiary/aromatic N) is 1. The molecule has 0 aliphatic carbocycles. The van der Waals surface area contributed by atoms with Gasteiger partial charge in [0.25, 0.3) is 10.1 Å². The first-order valence-electron chi connectivity index (χ1n) is 15.8. The maximum Gasteiger partial charge on any atom is 0.305 e. The van der Waals surface area contributed by atoms with Crippen LogP contribution in [0.1, 0.15) is 90.5 Å². The molecule has 1 atom stereocenters. The normalized spacial score (nSPS) is 13.0. The van der Waals surface area contributed by atoms with Crippen LogP contribution in [0.4, 0.5) is 11.4 Å². The maximum absolute atomic E-state index is 12.2. The van der Waals surface area contributed by atoms with Gasteiger partial charge in [-0.25, -0.2) is 0 Å². The number of para-hydroxylation sites is 1. The quantitative estimate of drug-likeness (QED) is 0.0545. The third kappa shape index (κ3) is 13.6. The predicted molar refractivity (Wildman–Crippen MR) is 180 cm³/mol. The van der Waals surface area contributed by atoms with Crippen molar-refractivity contribution in [1.82, 2.24) is 0 Å². The average molecular weight is 657 g/mol. The number of hydrogen-bond donors (Lipinski definition) is 3. The van der Waals surface area contributed by atoms with Crippen molar-refractivity contribution in [3.63, 3.8) is 0 Å². The first kappa shape index (κ1) is 38.2. The lowest BCUT2D eigenvalue weighted by Crippen LogP contribution is -2.24. The van der Waals surface area contributed by atoms with Crippen LogP contribution < -0.4 is 10.2 Å². The summed E-state index contributed by atoms with van der Waals surface area (Å²) in [5.41, 5.74) is 1.61. The number of nitrogens with one attached hydrogen (secondary N) is 1. The number of anilines is 2. The van der Waals surface area contributed by atoms with Crippen LogP contribution in [0, 0.1) is 0 Å². The Kier molecular flexibility index (Phi) is 16.2. The SMILES string of the molecule is CCOC(=O)CCCCCNc1ccc(S(=O)(=O)O)cc1C(C)(C/C=C/C=C/N(C(C)=O)c1ccccc1)CCCCCC(=O)O. The minimum absolute atomic E-state index is 0.0800. The highest BCUT2D eigenvalue weighted by Crippen LogP contribution is 2.39. The molecular formula is C35H48N2O8S. The van der Waals surface area contributed by atoms with E-state index < -0.39 is 21.5 Å². The first-order chi connectivity index (χ1) is 21.9. The van der Waals surface area contributed by atoms with Crippen molar-refractivity contribution in [2.75, 3.05) is 23.4 Å². The Hall–Kier alpha value is -3.96. The van der Waals surface area contributed by atoms with Gasteiger partial charge in [-0.15, -0.1) is 0 Å². The molecule has 0 aliphatic heterocycles. The van der Waals surface area contributed by atoms with Crippen molar-refractivity contribution in [2.45, 2.75) is 95.3 Å². The van der Waals surface area contributed by atoms with Gasteiger partial charge in [0.1, 0.15) is 0 Å². The summed E-state index contributed by atoms with van der Waals surface area (Å²) in [6.07, 6.45) is 13.1. The topological polar surface area (TPSA) is 150 Å². The highest BCUT2D eigenvalue weighted by molar-refractivity contribution is 7.85. The van der Waals surface area contributed by atoms with E-state index in [0.717, 1.165) is 29.8 Å². The molecule has 11 heteroatoms. The molecule has 3 N–H and O–H groups in total. The van der Waals surface area contributed by atoms with Crippen LogP contribution in [-0.2, 0) is 34.7 Å². The molecule has 0 heterocycles. The molecular weight excluding hydrogens is 608 g/mol. The van der Waals surface area contributed by atoms with Gasteiger partial charge in [-0.2, -0.15) is 8.42 Å². The van der Waals surface area contributed by atoms with Crippen molar-refractivity contribution in [1.29, 1.82) is 0 Å². The molecule has 0 radical (unpaired) electrons. The maximum atomic E-state index is 12.2. The van der Waals surface area contributed by atoms with Crippen LogP contribution in [-0.4, -0.2) is 49.1 Å². The molecule has 46 heavy (non-hydrogen) atoms. The van der Waals surface area contributed by atoms with Gasteiger partial charge in [-0.05, 0) is 86.4 Å². The van der Waals surface area contributed by atoms with Gasteiger partial charge in [-0.3, -0.25) is 23.8 Å². The Balaban J connectivity index is 2.30. The second-order valence-electron chi connectivity index (χ2n) is 11.4. The van der Waals surface area contributed by atoms with Crippen molar-refractivity contribution in [2.24, 2.45) is 0 Å². The Morgan fingerprint density at radius 1 is 0.957 bits per heavy atom. The minimum Gasteiger partial charge on any atom is -0.481 e. The summed E-state index contributed by atoms with van der Waals surface area (Å²) in [6.45, 7) is 6.24. The van der Waals surface area contributed by atoms with E-state index in [1.807, 2.05) is 49.4 Å². The van der Waals surface area contributed by atoms with Crippen LogP contribution in [0.25, 0.3) is 0 Å². The number of ether oxygens (including phenoxy) is 1. The fourth-order valence-electron chi connectivity index (χ4n) is 5.18. The van der Waals surface area contributed by atoms with Crippen molar-refractivity contribution < 1.29 is 37.2 Å². The summed E-state index contributed by atoms with van der Waals surface area (Å²) in [4.78, 5) is 36.2. The molecule has 252 valence electrons. The van der Waals surface area contributed by atoms with E-state index in [0.29, 0.717) is 58.1 Å². The summed E-state index contributed by atoms with van der Waals surface area (Å²) in [7, 11) is -4.46. The summed E-state index contributed by atoms with van der Waals surface area (Å²) < 4.78 is 39.1. The molecule has 2 aromatic carbocycles. The van der Waals surface area contributed by atoms with Gasteiger partial charge < -0.3 is 15.2 Å². The summed E-state index contributed by atoms with van der Waals surface area (Å²) in [5.74, 6) is -1.20. The van der Waals surface area contributed by atoms with Crippen LogP contribution >= 0.6 is 0 Å². The summed E-state index contributed by atoms with van der Waals surface area (Å²) >= 11 is 0. The lowest BCUT2D eigenvalue weighted by atomic mass is 9.74. The molecule has 1 amide bonds. The zero-order valence-corrected chi connectivity index (χ0v) is 27.9. The molecule has 0 saturated heterocycles. The number of allylic oxidation sites excluding steroid dienone is 3. The third-order valence-corrected chi connectivity index (χ3v) is 8.51. The van der Waals surface area contributed by atoms with Crippen molar-refractivity contribution in [3.05, 3.63) is 78.5 Å². The van der Waals surface area contributed by atoms with Crippen LogP contribution in [0.2, 0.25) is 0 Å². The fourth-order valence-corrected chi connectivity index (χ4v) is 5.69. The molecule has 0 bridgehead atoms. The highest BCUT2D eigenvalue weighted by Gasteiger charge is 2.29. The van der Waals surface area contributed by atoms with Gasteiger partial charge in [0.2, 0.25) is 5.91 Å². The van der Waals surface area contributed by atoms with Crippen LogP contribution in [0.3, 0.4) is 0 Å². The zero-order valence-electron chi connectivity index (χ0n) is 27.1. The Morgan fingerprint density at radius 3 is 2.30 bits per heavy atom. The van der Waals surface area contributed by atoms with Crippen LogP contribution in [0.15, 0.2) is 77.9 Å². The van der Waals surface area contributed by atoms with Gasteiger partial charge >= 0.3 is 11.9 Å². The second-order valence-corrected chi connectivity index (χ2v) is 12.9. The number of carboxylic acid groups (broad SMARTS) is 1. The molecule has 1 unspecified atom stereocenters. The third-order valence-electron chi connectivity index (χ3n) is 7.66. The number of benzene rings is 2. The number of aliphatic carboxylic acids is 1. The van der Waals surface area contributed by atoms with E-state index in [2.05, 4.69) is 5.32 Å². The number of carbonyl (C=O) groups is 3. The number of unbranched alkanes of at least 4 members (excludes halogenated alkanes) is 4. The van der Waals surface area contributed by atoms with Gasteiger partial charge in [0.05, 0.1) is 11.5 Å². The number of amides is 1. The molecule has 0 aliphatic rings. The van der Waals surface area contributed by atoms with E-state index in [1.165, 1.54) is 24.0 Å². The number of carbonyl (C=O) groups excluding carboxylic acids is 2. The lowest BCUT2D eigenvalue weighted by Gasteiger charge is -2.32. The van der Waals surface area contributed by atoms with E-state index >= 15 is 0 Å². The van der Waals surface area contributed by atoms with Crippen LogP contribution in [0.5, 0.6) is 0 Å². The van der Waals surface area contributed by atoms with E-state index in [-0.39, 0.29) is 23.2 Å². The molecule has 0 aromatic heterocycles. The largest absolute Gasteiger partial charge is 0.481 e. The Bertz CT molecular complexity index is 1440. The van der Waals surface area contributed by atoms with Gasteiger partial charge in [0.15, 0.2) is 0 Å². The van der Waals surface area contributed by atoms with Gasteiger partial charge in [0, 0.05) is 43.9 Å². The highest BCUT2D eigenvalue weighted by atomic mass is 32.2. The molecule has 0 spiro atoms. The summed E-state index contributed by atoms with van der Waals surface area (Å²) in [5, 5.41) is 12.5. The number of hydrogen-bond acceptors (Lipinski definition) is 7. The fraction of sp³-hybridized carbons (Fsp3) is 0.457. The summed E-state index contributed by atoms with van der Waals surface area (Å²) in [6, 6.07) is 13.8. The molecule has 0 fully saturated rings. The number of rotatable bonds is 21. The number of esters is 1. The number of carboxylic acids is 1. The zero-order chi connectivity index (χ0) is 34.0. The lowest BCUT2D eigenvalue weighted by molar-refractivity contribution is -0.143.